The van der Waals surface area contributed by atoms with Gasteiger partial charge < -0.3 is 4.74 Å². The molecule has 0 saturated carbocycles. The second-order valence-electron chi connectivity index (χ2n) is 4.58. The second-order valence-corrected chi connectivity index (χ2v) is 6.60. The second kappa shape index (κ2) is 11.9. The fraction of sp³-hybridized carbons (Fsp3) is 0.786. The third-order valence-corrected chi connectivity index (χ3v) is 3.63. The number of esters is 1. The van der Waals surface area contributed by atoms with Gasteiger partial charge in [-0.2, -0.15) is 0 Å². The SMILES string of the molecule is C=CC(=O)OCC(Cl)(Cl)CCCCCCCCCCl. The van der Waals surface area contributed by atoms with Crippen LogP contribution < -0.4 is 0 Å². The van der Waals surface area contributed by atoms with Crippen LogP contribution in [0.1, 0.15) is 51.4 Å². The molecule has 0 heterocycles. The van der Waals surface area contributed by atoms with Crippen LogP contribution in [0.25, 0.3) is 0 Å². The van der Waals surface area contributed by atoms with Crippen LogP contribution in [0.2, 0.25) is 0 Å². The normalized spacial score (nSPS) is 11.3. The fourth-order valence-corrected chi connectivity index (χ4v) is 2.24. The van der Waals surface area contributed by atoms with Gasteiger partial charge in [-0.3, -0.25) is 0 Å². The number of rotatable bonds is 12. The molecule has 0 bridgehead atoms. The van der Waals surface area contributed by atoms with Gasteiger partial charge in [0.1, 0.15) is 6.61 Å². The Morgan fingerprint density at radius 1 is 1.05 bits per heavy atom. The zero-order valence-electron chi connectivity index (χ0n) is 11.3. The highest BCUT2D eigenvalue weighted by molar-refractivity contribution is 6.48. The van der Waals surface area contributed by atoms with Crippen LogP contribution in [-0.2, 0) is 9.53 Å². The molecule has 0 atom stereocenters. The molecule has 0 aliphatic rings. The summed E-state index contributed by atoms with van der Waals surface area (Å²) in [6, 6.07) is 0. The maximum Gasteiger partial charge on any atom is 0.330 e. The van der Waals surface area contributed by atoms with Gasteiger partial charge in [0, 0.05) is 12.0 Å². The van der Waals surface area contributed by atoms with Crippen molar-refractivity contribution >= 4 is 40.8 Å². The van der Waals surface area contributed by atoms with Crippen LogP contribution in [-0.4, -0.2) is 22.8 Å². The Balaban J connectivity index is 3.47. The average molecular weight is 330 g/mol. The molecule has 19 heavy (non-hydrogen) atoms. The van der Waals surface area contributed by atoms with Crippen molar-refractivity contribution in [3.8, 4) is 0 Å². The van der Waals surface area contributed by atoms with Gasteiger partial charge in [-0.1, -0.05) is 68.3 Å². The first kappa shape index (κ1) is 19.1. The summed E-state index contributed by atoms with van der Waals surface area (Å²) in [5, 5.41) is 0. The summed E-state index contributed by atoms with van der Waals surface area (Å²) in [6.07, 6.45) is 9.70. The molecule has 0 aromatic carbocycles. The Morgan fingerprint density at radius 3 is 2.11 bits per heavy atom. The Hall–Kier alpha value is 0.0800. The Labute approximate surface area is 131 Å². The molecule has 0 N–H and O–H groups in total. The van der Waals surface area contributed by atoms with Crippen molar-refractivity contribution in [1.82, 2.24) is 0 Å². The molecule has 0 radical (unpaired) electrons. The lowest BCUT2D eigenvalue weighted by molar-refractivity contribution is -0.138. The lowest BCUT2D eigenvalue weighted by atomic mass is 10.1. The molecule has 0 aromatic rings. The molecule has 0 rings (SSSR count). The van der Waals surface area contributed by atoms with Crippen molar-refractivity contribution in [3.05, 3.63) is 12.7 Å². The maximum atomic E-state index is 10.9. The highest BCUT2D eigenvalue weighted by Gasteiger charge is 2.25. The van der Waals surface area contributed by atoms with Crippen molar-refractivity contribution in [2.45, 2.75) is 55.7 Å². The largest absolute Gasteiger partial charge is 0.459 e. The standard InChI is InChI=1S/C14H23Cl3O2/c1-2-13(18)19-12-14(16,17)10-8-6-4-3-5-7-9-11-15/h2H,1,3-12H2. The third kappa shape index (κ3) is 12.8. The van der Waals surface area contributed by atoms with Gasteiger partial charge in [0.2, 0.25) is 0 Å². The molecular formula is C14H23Cl3O2. The number of alkyl halides is 3. The number of ether oxygens (including phenoxy) is 1. The number of carbonyl (C=O) groups excluding carboxylic acids is 1. The van der Waals surface area contributed by atoms with Crippen molar-refractivity contribution in [2.24, 2.45) is 0 Å². The summed E-state index contributed by atoms with van der Waals surface area (Å²) in [4.78, 5) is 10.9. The summed E-state index contributed by atoms with van der Waals surface area (Å²) < 4.78 is 3.86. The molecule has 5 heteroatoms. The summed E-state index contributed by atoms with van der Waals surface area (Å²) in [5.74, 6) is 0.259. The maximum absolute atomic E-state index is 10.9. The van der Waals surface area contributed by atoms with Crippen LogP contribution in [0.15, 0.2) is 12.7 Å². The highest BCUT2D eigenvalue weighted by Crippen LogP contribution is 2.28. The lowest BCUT2D eigenvalue weighted by Gasteiger charge is -2.18. The Kier molecular flexibility index (Phi) is 11.9. The highest BCUT2D eigenvalue weighted by atomic mass is 35.5. The lowest BCUT2D eigenvalue weighted by Crippen LogP contribution is -2.22. The predicted octanol–water partition coefficient (Wildman–Crippen LogP) is 5.25. The minimum atomic E-state index is -0.989. The van der Waals surface area contributed by atoms with E-state index in [1.807, 2.05) is 0 Å². The molecule has 0 spiro atoms. The van der Waals surface area contributed by atoms with E-state index >= 15 is 0 Å². The zero-order chi connectivity index (χ0) is 14.6. The quantitative estimate of drug-likeness (QED) is 0.211. The van der Waals surface area contributed by atoms with E-state index in [2.05, 4.69) is 6.58 Å². The molecule has 0 fully saturated rings. The monoisotopic (exact) mass is 328 g/mol. The Morgan fingerprint density at radius 2 is 1.58 bits per heavy atom. The van der Waals surface area contributed by atoms with Crippen molar-refractivity contribution in [3.63, 3.8) is 0 Å². The van der Waals surface area contributed by atoms with Gasteiger partial charge in [-0.15, -0.1) is 11.6 Å². The average Bonchev–Trinajstić information content (AvgIpc) is 2.39. The zero-order valence-corrected chi connectivity index (χ0v) is 13.6. The van der Waals surface area contributed by atoms with E-state index in [9.17, 15) is 4.79 Å². The summed E-state index contributed by atoms with van der Waals surface area (Å²) in [6.45, 7) is 3.32. The number of hydrogen-bond donors (Lipinski definition) is 0. The summed E-state index contributed by atoms with van der Waals surface area (Å²) in [7, 11) is 0. The van der Waals surface area contributed by atoms with Gasteiger partial charge in [-0.05, 0) is 12.8 Å². The van der Waals surface area contributed by atoms with Crippen LogP contribution >= 0.6 is 34.8 Å². The molecule has 0 aliphatic heterocycles. The molecule has 0 aliphatic carbocycles. The van der Waals surface area contributed by atoms with Gasteiger partial charge in [0.15, 0.2) is 4.33 Å². The predicted molar refractivity (Wildman–Crippen MR) is 83.2 cm³/mol. The molecular weight excluding hydrogens is 307 g/mol. The molecule has 2 nitrogen and oxygen atoms in total. The fourth-order valence-electron chi connectivity index (χ4n) is 1.67. The van der Waals surface area contributed by atoms with Gasteiger partial charge >= 0.3 is 5.97 Å². The smallest absolute Gasteiger partial charge is 0.330 e. The van der Waals surface area contributed by atoms with Crippen molar-refractivity contribution in [2.75, 3.05) is 12.5 Å². The number of hydrogen-bond acceptors (Lipinski definition) is 2. The summed E-state index contributed by atoms with van der Waals surface area (Å²) >= 11 is 17.7. The number of carbonyl (C=O) groups is 1. The third-order valence-electron chi connectivity index (χ3n) is 2.77. The Bertz CT molecular complexity index is 255. The topological polar surface area (TPSA) is 26.3 Å². The van der Waals surface area contributed by atoms with E-state index in [4.69, 9.17) is 39.5 Å². The van der Waals surface area contributed by atoms with Crippen LogP contribution in [0.5, 0.6) is 0 Å². The van der Waals surface area contributed by atoms with E-state index in [-0.39, 0.29) is 6.61 Å². The first-order valence-electron chi connectivity index (χ1n) is 6.75. The minimum absolute atomic E-state index is 0.0106. The van der Waals surface area contributed by atoms with E-state index in [1.54, 1.807) is 0 Å². The van der Waals surface area contributed by atoms with Crippen LogP contribution in [0.4, 0.5) is 0 Å². The minimum Gasteiger partial charge on any atom is -0.459 e. The van der Waals surface area contributed by atoms with E-state index in [0.29, 0.717) is 6.42 Å². The van der Waals surface area contributed by atoms with E-state index in [1.165, 1.54) is 25.7 Å². The number of unbranched alkanes of at least 4 members (excludes halogenated alkanes) is 6. The molecule has 0 aromatic heterocycles. The van der Waals surface area contributed by atoms with Crippen LogP contribution in [0, 0.1) is 0 Å². The molecule has 112 valence electrons. The van der Waals surface area contributed by atoms with Gasteiger partial charge in [-0.25, -0.2) is 4.79 Å². The van der Waals surface area contributed by atoms with Gasteiger partial charge in [0.05, 0.1) is 0 Å². The molecule has 0 saturated heterocycles. The van der Waals surface area contributed by atoms with E-state index < -0.39 is 10.3 Å². The van der Waals surface area contributed by atoms with Crippen molar-refractivity contribution < 1.29 is 9.53 Å². The summed E-state index contributed by atoms with van der Waals surface area (Å²) in [5.41, 5.74) is 0. The number of halogens is 3. The van der Waals surface area contributed by atoms with Crippen molar-refractivity contribution in [1.29, 1.82) is 0 Å². The first-order valence-corrected chi connectivity index (χ1v) is 8.04. The molecule has 0 amide bonds. The first-order chi connectivity index (χ1) is 9.02. The van der Waals surface area contributed by atoms with Gasteiger partial charge in [0.25, 0.3) is 0 Å². The van der Waals surface area contributed by atoms with E-state index in [0.717, 1.165) is 31.2 Å². The molecule has 0 unspecified atom stereocenters. The van der Waals surface area contributed by atoms with Crippen LogP contribution in [0.3, 0.4) is 0 Å².